The van der Waals surface area contributed by atoms with Crippen molar-refractivity contribution in [2.45, 2.75) is 55.8 Å². The lowest BCUT2D eigenvalue weighted by Gasteiger charge is -2.47. The molecule has 12 heteroatoms. The Morgan fingerprint density at radius 1 is 1.09 bits per heavy atom. The van der Waals surface area contributed by atoms with E-state index in [1.165, 1.54) is 18.2 Å². The molecule has 240 valence electrons. The molecule has 0 amide bonds. The molecule has 0 bridgehead atoms. The summed E-state index contributed by atoms with van der Waals surface area (Å²) in [6.07, 6.45) is 8.04. The molecule has 0 unspecified atom stereocenters. The summed E-state index contributed by atoms with van der Waals surface area (Å²) in [5.41, 5.74) is 1.95. The van der Waals surface area contributed by atoms with Gasteiger partial charge in [0.2, 0.25) is 0 Å². The van der Waals surface area contributed by atoms with E-state index in [4.69, 9.17) is 14.7 Å². The number of halogens is 3. The zero-order valence-corrected chi connectivity index (χ0v) is 25.9. The Balaban J connectivity index is 1.29. The Morgan fingerprint density at radius 2 is 1.93 bits per heavy atom. The number of alkyl halides is 1. The molecule has 46 heavy (non-hydrogen) atoms. The van der Waals surface area contributed by atoms with E-state index < -0.39 is 17.8 Å². The topological polar surface area (TPSA) is 91.0 Å². The Hall–Kier alpha value is -4.16. The third-order valence-corrected chi connectivity index (χ3v) is 10.6. The van der Waals surface area contributed by atoms with Crippen LogP contribution in [0.3, 0.4) is 0 Å². The molecule has 3 aliphatic rings. The van der Waals surface area contributed by atoms with Crippen molar-refractivity contribution in [2.24, 2.45) is 0 Å². The Morgan fingerprint density at radius 3 is 2.72 bits per heavy atom. The van der Waals surface area contributed by atoms with Crippen molar-refractivity contribution in [3.63, 3.8) is 0 Å². The maximum absolute atomic E-state index is 15.4. The summed E-state index contributed by atoms with van der Waals surface area (Å²) in [4.78, 5) is 18.7. The van der Waals surface area contributed by atoms with Crippen molar-refractivity contribution in [3.05, 3.63) is 54.4 Å². The fourth-order valence-corrected chi connectivity index (χ4v) is 7.92. The average Bonchev–Trinajstić information content (AvgIpc) is 3.71. The third-order valence-electron chi connectivity index (χ3n) is 10.6. The SMILES string of the molecule is CN(C)C1(CNc2nc(OC[C@@]34CCCN3C[C@H](F)C4)nc3cc(-c4cc(O)cc5ccc(F)c(F)c45)c4nccn4c23)CCC1. The number of aromatic hydroxyl groups is 1. The zero-order valence-electron chi connectivity index (χ0n) is 25.9. The number of pyridine rings is 1. The zero-order chi connectivity index (χ0) is 31.8. The van der Waals surface area contributed by atoms with Crippen molar-refractivity contribution in [3.8, 4) is 22.9 Å². The second-order valence-electron chi connectivity index (χ2n) is 13.4. The van der Waals surface area contributed by atoms with Crippen LogP contribution in [0.15, 0.2) is 42.7 Å². The first-order valence-electron chi connectivity index (χ1n) is 15.9. The highest BCUT2D eigenvalue weighted by Crippen LogP contribution is 2.42. The van der Waals surface area contributed by atoms with E-state index in [1.54, 1.807) is 18.5 Å². The van der Waals surface area contributed by atoms with Gasteiger partial charge in [-0.3, -0.25) is 9.30 Å². The van der Waals surface area contributed by atoms with Crippen LogP contribution >= 0.6 is 0 Å². The molecule has 2 N–H and O–H groups in total. The summed E-state index contributed by atoms with van der Waals surface area (Å²) in [6, 6.07) is 7.21. The van der Waals surface area contributed by atoms with Crippen LogP contribution in [0.2, 0.25) is 0 Å². The lowest BCUT2D eigenvalue weighted by atomic mass is 9.75. The summed E-state index contributed by atoms with van der Waals surface area (Å²) in [5, 5.41) is 14.6. The van der Waals surface area contributed by atoms with E-state index >= 15 is 4.39 Å². The molecule has 1 aliphatic carbocycles. The number of anilines is 1. The Kier molecular flexibility index (Phi) is 6.80. The van der Waals surface area contributed by atoms with Gasteiger partial charge >= 0.3 is 6.01 Å². The summed E-state index contributed by atoms with van der Waals surface area (Å²) in [5.74, 6) is -1.54. The van der Waals surface area contributed by atoms with Crippen LogP contribution in [0.1, 0.15) is 38.5 Å². The number of hydrogen-bond acceptors (Lipinski definition) is 8. The van der Waals surface area contributed by atoms with Gasteiger partial charge in [-0.1, -0.05) is 6.07 Å². The molecular weight excluding hydrogens is 595 g/mol. The van der Waals surface area contributed by atoms with Crippen molar-refractivity contribution < 1.29 is 23.0 Å². The van der Waals surface area contributed by atoms with Gasteiger partial charge < -0.3 is 20.1 Å². The molecule has 1 saturated carbocycles. The number of rotatable bonds is 8. The summed E-state index contributed by atoms with van der Waals surface area (Å²) < 4.78 is 52.5. The van der Waals surface area contributed by atoms with Crippen LogP contribution < -0.4 is 10.1 Å². The minimum absolute atomic E-state index is 0.0162. The van der Waals surface area contributed by atoms with Crippen molar-refractivity contribution in [1.82, 2.24) is 29.2 Å². The van der Waals surface area contributed by atoms with Crippen molar-refractivity contribution in [2.75, 3.05) is 45.7 Å². The summed E-state index contributed by atoms with van der Waals surface area (Å²) in [6.45, 7) is 2.17. The van der Waals surface area contributed by atoms with Crippen LogP contribution in [0.25, 0.3) is 38.6 Å². The van der Waals surface area contributed by atoms with E-state index in [-0.39, 0.29) is 40.4 Å². The molecule has 5 aromatic rings. The largest absolute Gasteiger partial charge is 0.508 e. The number of nitrogens with zero attached hydrogens (tertiary/aromatic N) is 6. The molecule has 0 radical (unpaired) electrons. The van der Waals surface area contributed by atoms with Gasteiger partial charge in [-0.25, -0.2) is 18.2 Å². The van der Waals surface area contributed by atoms with Crippen LogP contribution in [0.5, 0.6) is 11.8 Å². The number of ether oxygens (including phenoxy) is 1. The highest BCUT2D eigenvalue weighted by molar-refractivity contribution is 6.04. The molecule has 9 nitrogen and oxygen atoms in total. The number of phenols is 1. The second-order valence-corrected chi connectivity index (χ2v) is 13.4. The number of nitrogens with one attached hydrogen (secondary N) is 1. The third kappa shape index (κ3) is 4.56. The first-order valence-corrected chi connectivity index (χ1v) is 15.9. The fourth-order valence-electron chi connectivity index (χ4n) is 7.92. The number of fused-ring (bicyclic) bond motifs is 5. The van der Waals surface area contributed by atoms with E-state index in [0.29, 0.717) is 53.0 Å². The van der Waals surface area contributed by atoms with Crippen LogP contribution in [-0.4, -0.2) is 91.8 Å². The number of aromatic nitrogens is 4. The highest BCUT2D eigenvalue weighted by atomic mass is 19.2. The minimum atomic E-state index is -1.01. The molecular formula is C34H36F3N7O2. The standard InChI is InChI=1S/C34H36F3N7O2/c1-42(2)33(7-3-8-33)18-39-30-29-26(40-32(41-30)46-19-34-9-4-11-43(34)17-21(35)16-34)15-24(31-38-10-12-44(29)31)23-14-22(45)13-20-5-6-25(36)28(37)27(20)23/h5-6,10,12-15,21,45H,3-4,7-9,11,16-19H2,1-2H3,(H,39,40,41)/t21-,34+/m1/s1. The molecule has 2 aliphatic heterocycles. The van der Waals surface area contributed by atoms with Gasteiger partial charge in [0.05, 0.1) is 11.1 Å². The number of likely N-dealkylation sites (N-methyl/N-ethyl adjacent to an activating group) is 1. The molecule has 0 spiro atoms. The second kappa shape index (κ2) is 10.7. The number of hydrogen-bond donors (Lipinski definition) is 2. The molecule has 8 rings (SSSR count). The summed E-state index contributed by atoms with van der Waals surface area (Å²) >= 11 is 0. The van der Waals surface area contributed by atoms with Gasteiger partial charge in [-0.2, -0.15) is 9.97 Å². The Bertz CT molecular complexity index is 2000. The first-order chi connectivity index (χ1) is 22.2. The predicted molar refractivity (Wildman–Crippen MR) is 170 cm³/mol. The van der Waals surface area contributed by atoms with Crippen LogP contribution in [-0.2, 0) is 0 Å². The minimum Gasteiger partial charge on any atom is -0.508 e. The van der Waals surface area contributed by atoms with Gasteiger partial charge in [0.15, 0.2) is 17.5 Å². The van der Waals surface area contributed by atoms with Crippen molar-refractivity contribution >= 4 is 33.3 Å². The monoisotopic (exact) mass is 631 g/mol. The van der Waals surface area contributed by atoms with Gasteiger partial charge in [-0.05, 0) is 82.4 Å². The van der Waals surface area contributed by atoms with E-state index in [9.17, 15) is 13.9 Å². The Labute approximate surface area is 264 Å². The highest BCUT2D eigenvalue weighted by Gasteiger charge is 2.49. The normalized spacial score (nSPS) is 22.6. The maximum Gasteiger partial charge on any atom is 0.319 e. The number of benzene rings is 2. The van der Waals surface area contributed by atoms with Gasteiger partial charge in [0.1, 0.15) is 29.7 Å². The van der Waals surface area contributed by atoms with E-state index in [1.807, 2.05) is 4.40 Å². The lowest BCUT2D eigenvalue weighted by molar-refractivity contribution is 0.0738. The van der Waals surface area contributed by atoms with Gasteiger partial charge in [0.25, 0.3) is 0 Å². The molecule has 3 fully saturated rings. The number of phenolic OH excluding ortho intramolecular Hbond substituents is 1. The molecule has 2 atom stereocenters. The van der Waals surface area contributed by atoms with E-state index in [0.717, 1.165) is 44.7 Å². The molecule has 5 heterocycles. The van der Waals surface area contributed by atoms with Gasteiger partial charge in [0, 0.05) is 54.0 Å². The van der Waals surface area contributed by atoms with Crippen LogP contribution in [0.4, 0.5) is 19.0 Å². The fraction of sp³-hybridized carbons (Fsp3) is 0.441. The quantitative estimate of drug-likeness (QED) is 0.218. The lowest BCUT2D eigenvalue weighted by Crippen LogP contribution is -2.54. The molecule has 3 aromatic heterocycles. The van der Waals surface area contributed by atoms with Crippen molar-refractivity contribution in [1.29, 1.82) is 0 Å². The average molecular weight is 632 g/mol. The smallest absolute Gasteiger partial charge is 0.319 e. The molecule has 2 aromatic carbocycles. The predicted octanol–water partition coefficient (Wildman–Crippen LogP) is 5.93. The number of imidazole rings is 1. The van der Waals surface area contributed by atoms with E-state index in [2.05, 4.69) is 34.2 Å². The first kappa shape index (κ1) is 29.3. The molecule has 2 saturated heterocycles. The van der Waals surface area contributed by atoms with Crippen LogP contribution in [0, 0.1) is 11.6 Å². The maximum atomic E-state index is 15.4. The summed E-state index contributed by atoms with van der Waals surface area (Å²) in [7, 11) is 4.17. The van der Waals surface area contributed by atoms with Gasteiger partial charge in [-0.15, -0.1) is 0 Å².